The zero-order valence-electron chi connectivity index (χ0n) is 8.87. The van der Waals surface area contributed by atoms with Crippen molar-refractivity contribution >= 4 is 23.5 Å². The molecule has 2 heteroatoms. The highest BCUT2D eigenvalue weighted by Crippen LogP contribution is 2.16. The van der Waals surface area contributed by atoms with E-state index in [1.807, 2.05) is 24.3 Å². The van der Waals surface area contributed by atoms with Crippen LogP contribution in [0.1, 0.15) is 31.7 Å². The largest absolute Gasteiger partial charge is 0.295 e. The Kier molecular flexibility index (Phi) is 5.13. The lowest BCUT2D eigenvalue weighted by Crippen LogP contribution is -1.91. The molecule has 1 rings (SSSR count). The van der Waals surface area contributed by atoms with E-state index in [-0.39, 0.29) is 5.78 Å². The number of carbonyl (C=O) groups is 1. The molecule has 0 saturated heterocycles. The Morgan fingerprint density at radius 3 is 2.80 bits per heavy atom. The number of carbonyl (C=O) groups excluding carboxylic acids is 1. The molecule has 0 N–H and O–H groups in total. The van der Waals surface area contributed by atoms with Gasteiger partial charge in [0.1, 0.15) is 0 Å². The van der Waals surface area contributed by atoms with E-state index < -0.39 is 0 Å². The second-order valence-corrected chi connectivity index (χ2v) is 3.83. The number of unbranched alkanes of at least 4 members (excludes halogenated alkanes) is 1. The average Bonchev–Trinajstić information content (AvgIpc) is 2.25. The molecule has 15 heavy (non-hydrogen) atoms. The van der Waals surface area contributed by atoms with Gasteiger partial charge in [0.25, 0.3) is 0 Å². The molecular formula is C13H15ClO. The van der Waals surface area contributed by atoms with E-state index in [0.717, 1.165) is 18.4 Å². The highest BCUT2D eigenvalue weighted by atomic mass is 35.5. The van der Waals surface area contributed by atoms with E-state index in [1.165, 1.54) is 0 Å². The third-order valence-corrected chi connectivity index (χ3v) is 2.47. The summed E-state index contributed by atoms with van der Waals surface area (Å²) in [6.07, 6.45) is 6.01. The minimum absolute atomic E-state index is 0.164. The van der Waals surface area contributed by atoms with E-state index >= 15 is 0 Å². The lowest BCUT2D eigenvalue weighted by atomic mass is 10.1. The van der Waals surface area contributed by atoms with E-state index in [9.17, 15) is 4.79 Å². The molecule has 0 amide bonds. The molecule has 0 spiro atoms. The second kappa shape index (κ2) is 6.41. The number of rotatable bonds is 5. The number of hydrogen-bond donors (Lipinski definition) is 0. The summed E-state index contributed by atoms with van der Waals surface area (Å²) in [6, 6.07) is 7.49. The first-order chi connectivity index (χ1) is 7.24. The Balaban J connectivity index is 2.58. The molecule has 0 aliphatic heterocycles. The maximum absolute atomic E-state index is 11.4. The molecular weight excluding hydrogens is 208 g/mol. The normalized spacial score (nSPS) is 10.8. The number of allylic oxidation sites excluding steroid dienone is 1. The van der Waals surface area contributed by atoms with Gasteiger partial charge in [-0.25, -0.2) is 0 Å². The molecule has 1 nitrogen and oxygen atoms in total. The maximum Gasteiger partial charge on any atom is 0.155 e. The number of hydrogen-bond acceptors (Lipinski definition) is 1. The summed E-state index contributed by atoms with van der Waals surface area (Å²) in [4.78, 5) is 11.4. The Labute approximate surface area is 95.8 Å². The van der Waals surface area contributed by atoms with Crippen molar-refractivity contribution in [2.45, 2.75) is 26.2 Å². The fraction of sp³-hybridized carbons (Fsp3) is 0.308. The summed E-state index contributed by atoms with van der Waals surface area (Å²) in [5.41, 5.74) is 0.893. The molecule has 0 bridgehead atoms. The number of ketones is 1. The lowest BCUT2D eigenvalue weighted by Gasteiger charge is -1.96. The van der Waals surface area contributed by atoms with Crippen LogP contribution in [0.4, 0.5) is 0 Å². The molecule has 0 saturated carbocycles. The third-order valence-electron chi connectivity index (χ3n) is 2.13. The topological polar surface area (TPSA) is 17.1 Å². The summed E-state index contributed by atoms with van der Waals surface area (Å²) in [7, 11) is 0. The monoisotopic (exact) mass is 222 g/mol. The van der Waals surface area contributed by atoms with Gasteiger partial charge in [-0.05, 0) is 30.2 Å². The van der Waals surface area contributed by atoms with Crippen LogP contribution in [0.5, 0.6) is 0 Å². The third kappa shape index (κ3) is 4.30. The first kappa shape index (κ1) is 12.0. The van der Waals surface area contributed by atoms with Crippen molar-refractivity contribution < 1.29 is 4.79 Å². The van der Waals surface area contributed by atoms with Crippen LogP contribution < -0.4 is 0 Å². The van der Waals surface area contributed by atoms with E-state index in [2.05, 4.69) is 6.92 Å². The van der Waals surface area contributed by atoms with Gasteiger partial charge >= 0.3 is 0 Å². The Hall–Kier alpha value is -1.08. The van der Waals surface area contributed by atoms with Crippen molar-refractivity contribution in [2.24, 2.45) is 0 Å². The van der Waals surface area contributed by atoms with Crippen LogP contribution in [0.15, 0.2) is 30.3 Å². The van der Waals surface area contributed by atoms with Crippen LogP contribution >= 0.6 is 11.6 Å². The van der Waals surface area contributed by atoms with Gasteiger partial charge in [0.2, 0.25) is 0 Å². The van der Waals surface area contributed by atoms with Gasteiger partial charge in [0.15, 0.2) is 5.78 Å². The van der Waals surface area contributed by atoms with E-state index in [1.54, 1.807) is 12.2 Å². The van der Waals surface area contributed by atoms with E-state index in [4.69, 9.17) is 11.6 Å². The summed E-state index contributed by atoms with van der Waals surface area (Å²) < 4.78 is 0. The zero-order valence-corrected chi connectivity index (χ0v) is 9.63. The van der Waals surface area contributed by atoms with Crippen molar-refractivity contribution in [3.05, 3.63) is 40.9 Å². The highest BCUT2D eigenvalue weighted by molar-refractivity contribution is 6.32. The predicted molar refractivity (Wildman–Crippen MR) is 65.0 cm³/mol. The quantitative estimate of drug-likeness (QED) is 0.686. The number of benzene rings is 1. The Bertz CT molecular complexity index is 355. The van der Waals surface area contributed by atoms with Gasteiger partial charge in [-0.2, -0.15) is 0 Å². The van der Waals surface area contributed by atoms with Gasteiger partial charge < -0.3 is 0 Å². The SMILES string of the molecule is CCCCC(=O)C=Cc1ccccc1Cl. The first-order valence-corrected chi connectivity index (χ1v) is 5.57. The molecule has 80 valence electrons. The fourth-order valence-corrected chi connectivity index (χ4v) is 1.43. The van der Waals surface area contributed by atoms with Crippen LogP contribution in [0.2, 0.25) is 5.02 Å². The van der Waals surface area contributed by atoms with Crippen LogP contribution in [-0.4, -0.2) is 5.78 Å². The molecule has 1 aromatic carbocycles. The van der Waals surface area contributed by atoms with Crippen molar-refractivity contribution in [1.29, 1.82) is 0 Å². The van der Waals surface area contributed by atoms with Gasteiger partial charge in [-0.3, -0.25) is 4.79 Å². The van der Waals surface area contributed by atoms with Gasteiger partial charge in [-0.1, -0.05) is 43.1 Å². The van der Waals surface area contributed by atoms with Crippen LogP contribution in [0.3, 0.4) is 0 Å². The van der Waals surface area contributed by atoms with Crippen molar-refractivity contribution in [3.8, 4) is 0 Å². The minimum atomic E-state index is 0.164. The van der Waals surface area contributed by atoms with Crippen LogP contribution in [0, 0.1) is 0 Å². The van der Waals surface area contributed by atoms with Crippen molar-refractivity contribution in [3.63, 3.8) is 0 Å². The molecule has 0 unspecified atom stereocenters. The molecule has 0 fully saturated rings. The molecule has 0 radical (unpaired) electrons. The average molecular weight is 223 g/mol. The molecule has 0 aliphatic carbocycles. The van der Waals surface area contributed by atoms with Crippen LogP contribution in [0.25, 0.3) is 6.08 Å². The zero-order chi connectivity index (χ0) is 11.1. The van der Waals surface area contributed by atoms with Gasteiger partial charge in [-0.15, -0.1) is 0 Å². The van der Waals surface area contributed by atoms with Gasteiger partial charge in [0.05, 0.1) is 0 Å². The predicted octanol–water partition coefficient (Wildman–Crippen LogP) is 4.11. The smallest absolute Gasteiger partial charge is 0.155 e. The molecule has 0 aromatic heterocycles. The molecule has 0 heterocycles. The van der Waals surface area contributed by atoms with Crippen LogP contribution in [-0.2, 0) is 4.79 Å². The molecule has 0 atom stereocenters. The van der Waals surface area contributed by atoms with Gasteiger partial charge in [0, 0.05) is 11.4 Å². The summed E-state index contributed by atoms with van der Waals surface area (Å²) in [5.74, 6) is 0.164. The Morgan fingerprint density at radius 2 is 2.13 bits per heavy atom. The van der Waals surface area contributed by atoms with Crippen molar-refractivity contribution in [1.82, 2.24) is 0 Å². The van der Waals surface area contributed by atoms with E-state index in [0.29, 0.717) is 11.4 Å². The summed E-state index contributed by atoms with van der Waals surface area (Å²) >= 11 is 5.95. The molecule has 0 aliphatic rings. The first-order valence-electron chi connectivity index (χ1n) is 5.19. The Morgan fingerprint density at radius 1 is 1.40 bits per heavy atom. The van der Waals surface area contributed by atoms with Crippen molar-refractivity contribution in [2.75, 3.05) is 0 Å². The minimum Gasteiger partial charge on any atom is -0.295 e. The lowest BCUT2D eigenvalue weighted by molar-refractivity contribution is -0.114. The summed E-state index contributed by atoms with van der Waals surface area (Å²) in [6.45, 7) is 2.07. The molecule has 1 aromatic rings. The maximum atomic E-state index is 11.4. The highest BCUT2D eigenvalue weighted by Gasteiger charge is 1.97. The number of halogens is 1. The fourth-order valence-electron chi connectivity index (χ4n) is 1.23. The standard InChI is InChI=1S/C13H15ClO/c1-2-3-7-12(15)10-9-11-6-4-5-8-13(11)14/h4-6,8-10H,2-3,7H2,1H3. The summed E-state index contributed by atoms with van der Waals surface area (Å²) in [5, 5.41) is 0.678. The second-order valence-electron chi connectivity index (χ2n) is 3.42.